The van der Waals surface area contributed by atoms with Gasteiger partial charge in [-0.2, -0.15) is 0 Å². The Labute approximate surface area is 104 Å². The van der Waals surface area contributed by atoms with E-state index >= 15 is 0 Å². The van der Waals surface area contributed by atoms with E-state index < -0.39 is 9.84 Å². The zero-order valence-corrected chi connectivity index (χ0v) is 11.8. The number of pyridine rings is 1. The SMILES string of the molecule is CCS(=O)(=O)c1cc(OC(C)C)cc(Br)n1. The van der Waals surface area contributed by atoms with Crippen molar-refractivity contribution in [2.75, 3.05) is 5.75 Å². The van der Waals surface area contributed by atoms with Crippen molar-refractivity contribution in [2.24, 2.45) is 0 Å². The number of sulfone groups is 1. The topological polar surface area (TPSA) is 56.3 Å². The molecule has 4 nitrogen and oxygen atoms in total. The largest absolute Gasteiger partial charge is 0.491 e. The lowest BCUT2D eigenvalue weighted by atomic mass is 10.4. The van der Waals surface area contributed by atoms with E-state index in [9.17, 15) is 8.42 Å². The summed E-state index contributed by atoms with van der Waals surface area (Å²) in [5, 5.41) is 0.0417. The van der Waals surface area contributed by atoms with Crippen LogP contribution in [-0.2, 0) is 9.84 Å². The van der Waals surface area contributed by atoms with Crippen LogP contribution in [0.5, 0.6) is 5.75 Å². The molecule has 6 heteroatoms. The zero-order valence-electron chi connectivity index (χ0n) is 9.40. The first kappa shape index (κ1) is 13.4. The molecule has 0 N–H and O–H groups in total. The molecule has 0 amide bonds. The summed E-state index contributed by atoms with van der Waals surface area (Å²) in [5.41, 5.74) is 0. The molecule has 1 aromatic heterocycles. The molecule has 0 aliphatic carbocycles. The Bertz CT molecular complexity index is 471. The lowest BCUT2D eigenvalue weighted by Crippen LogP contribution is -2.09. The van der Waals surface area contributed by atoms with Crippen LogP contribution in [0, 0.1) is 0 Å². The maximum absolute atomic E-state index is 11.7. The van der Waals surface area contributed by atoms with E-state index in [2.05, 4.69) is 20.9 Å². The van der Waals surface area contributed by atoms with Crippen molar-refractivity contribution < 1.29 is 13.2 Å². The third kappa shape index (κ3) is 3.45. The summed E-state index contributed by atoms with van der Waals surface area (Å²) in [5.74, 6) is 0.529. The van der Waals surface area contributed by atoms with Gasteiger partial charge in [0.15, 0.2) is 14.9 Å². The predicted octanol–water partition coefficient (Wildman–Crippen LogP) is 2.42. The lowest BCUT2D eigenvalue weighted by Gasteiger charge is -2.11. The summed E-state index contributed by atoms with van der Waals surface area (Å²) < 4.78 is 29.2. The van der Waals surface area contributed by atoms with Crippen molar-refractivity contribution in [3.8, 4) is 5.75 Å². The molecule has 90 valence electrons. The average molecular weight is 308 g/mol. The van der Waals surface area contributed by atoms with Crippen LogP contribution < -0.4 is 4.74 Å². The Morgan fingerprint density at radius 2 is 2.06 bits per heavy atom. The van der Waals surface area contributed by atoms with Gasteiger partial charge in [-0.05, 0) is 29.8 Å². The first-order valence-electron chi connectivity index (χ1n) is 4.92. The molecule has 0 radical (unpaired) electrons. The third-order valence-electron chi connectivity index (χ3n) is 1.81. The Balaban J connectivity index is 3.18. The van der Waals surface area contributed by atoms with E-state index in [1.807, 2.05) is 13.8 Å². The van der Waals surface area contributed by atoms with Crippen molar-refractivity contribution >= 4 is 25.8 Å². The summed E-state index contributed by atoms with van der Waals surface area (Å²) in [6.45, 7) is 5.34. The van der Waals surface area contributed by atoms with Gasteiger partial charge in [-0.25, -0.2) is 13.4 Å². The maximum atomic E-state index is 11.7. The highest BCUT2D eigenvalue weighted by molar-refractivity contribution is 9.10. The highest BCUT2D eigenvalue weighted by atomic mass is 79.9. The van der Waals surface area contributed by atoms with Gasteiger partial charge in [0.2, 0.25) is 0 Å². The van der Waals surface area contributed by atoms with E-state index in [0.29, 0.717) is 10.4 Å². The van der Waals surface area contributed by atoms with Gasteiger partial charge < -0.3 is 4.74 Å². The minimum absolute atomic E-state index is 0.00789. The number of hydrogen-bond donors (Lipinski definition) is 0. The molecule has 0 aliphatic rings. The van der Waals surface area contributed by atoms with Gasteiger partial charge in [-0.1, -0.05) is 6.92 Å². The first-order chi connectivity index (χ1) is 7.35. The summed E-state index contributed by atoms with van der Waals surface area (Å²) in [6.07, 6.45) is -0.00789. The number of nitrogens with zero attached hydrogens (tertiary/aromatic N) is 1. The van der Waals surface area contributed by atoms with Crippen LogP contribution in [-0.4, -0.2) is 25.3 Å². The van der Waals surface area contributed by atoms with Crippen LogP contribution in [0.3, 0.4) is 0 Å². The summed E-state index contributed by atoms with van der Waals surface area (Å²) in [6, 6.07) is 3.10. The summed E-state index contributed by atoms with van der Waals surface area (Å²) in [7, 11) is -3.30. The molecule has 0 aliphatic heterocycles. The van der Waals surface area contributed by atoms with Gasteiger partial charge >= 0.3 is 0 Å². The van der Waals surface area contributed by atoms with Crippen LogP contribution >= 0.6 is 15.9 Å². The van der Waals surface area contributed by atoms with Crippen molar-refractivity contribution in [2.45, 2.75) is 31.9 Å². The molecule has 0 atom stereocenters. The number of rotatable bonds is 4. The molecule has 16 heavy (non-hydrogen) atoms. The second-order valence-electron chi connectivity index (χ2n) is 3.53. The van der Waals surface area contributed by atoms with E-state index in [1.54, 1.807) is 13.0 Å². The lowest BCUT2D eigenvalue weighted by molar-refractivity contribution is 0.241. The molecule has 0 saturated heterocycles. The fourth-order valence-electron chi connectivity index (χ4n) is 1.10. The molecule has 0 aromatic carbocycles. The number of ether oxygens (including phenoxy) is 1. The number of hydrogen-bond acceptors (Lipinski definition) is 4. The van der Waals surface area contributed by atoms with Gasteiger partial charge in [-0.3, -0.25) is 0 Å². The van der Waals surface area contributed by atoms with Crippen molar-refractivity contribution in [1.82, 2.24) is 4.98 Å². The molecule has 1 aromatic rings. The number of halogens is 1. The van der Waals surface area contributed by atoms with Crippen LogP contribution in [0.4, 0.5) is 0 Å². The van der Waals surface area contributed by atoms with Crippen LogP contribution in [0.2, 0.25) is 0 Å². The Morgan fingerprint density at radius 3 is 2.56 bits per heavy atom. The summed E-state index contributed by atoms with van der Waals surface area (Å²) in [4.78, 5) is 3.93. The van der Waals surface area contributed by atoms with Gasteiger partial charge in [0.05, 0.1) is 11.9 Å². The fraction of sp³-hybridized carbons (Fsp3) is 0.500. The molecule has 1 rings (SSSR count). The van der Waals surface area contributed by atoms with Gasteiger partial charge in [0, 0.05) is 12.1 Å². The molecule has 1 heterocycles. The molecular weight excluding hydrogens is 294 g/mol. The fourth-order valence-corrected chi connectivity index (χ4v) is 2.46. The highest BCUT2D eigenvalue weighted by Crippen LogP contribution is 2.22. The Kier molecular flexibility index (Phi) is 4.32. The van der Waals surface area contributed by atoms with E-state index in [-0.39, 0.29) is 16.9 Å². The Morgan fingerprint density at radius 1 is 1.44 bits per heavy atom. The van der Waals surface area contributed by atoms with E-state index in [0.717, 1.165) is 0 Å². The Hall–Kier alpha value is -0.620. The second kappa shape index (κ2) is 5.14. The van der Waals surface area contributed by atoms with Gasteiger partial charge in [0.1, 0.15) is 10.4 Å². The minimum atomic E-state index is -3.30. The van der Waals surface area contributed by atoms with Crippen LogP contribution in [0.25, 0.3) is 0 Å². The van der Waals surface area contributed by atoms with Crippen molar-refractivity contribution in [3.05, 3.63) is 16.7 Å². The quantitative estimate of drug-likeness (QED) is 0.802. The van der Waals surface area contributed by atoms with Crippen molar-refractivity contribution in [3.63, 3.8) is 0 Å². The zero-order chi connectivity index (χ0) is 12.3. The summed E-state index contributed by atoms with van der Waals surface area (Å²) >= 11 is 3.17. The highest BCUT2D eigenvalue weighted by Gasteiger charge is 2.15. The van der Waals surface area contributed by atoms with Crippen molar-refractivity contribution in [1.29, 1.82) is 0 Å². The van der Waals surface area contributed by atoms with Crippen LogP contribution in [0.15, 0.2) is 21.8 Å². The number of aromatic nitrogens is 1. The standard InChI is InChI=1S/C10H14BrNO3S/c1-4-16(13,14)10-6-8(15-7(2)3)5-9(11)12-10/h5-7H,4H2,1-3H3. The monoisotopic (exact) mass is 307 g/mol. The minimum Gasteiger partial charge on any atom is -0.491 e. The van der Waals surface area contributed by atoms with Crippen LogP contribution in [0.1, 0.15) is 20.8 Å². The predicted molar refractivity (Wildman–Crippen MR) is 65.4 cm³/mol. The molecule has 0 saturated carbocycles. The maximum Gasteiger partial charge on any atom is 0.195 e. The van der Waals surface area contributed by atoms with Gasteiger partial charge in [0.25, 0.3) is 0 Å². The third-order valence-corrected chi connectivity index (χ3v) is 3.83. The molecule has 0 spiro atoms. The first-order valence-corrected chi connectivity index (χ1v) is 7.36. The van der Waals surface area contributed by atoms with E-state index in [4.69, 9.17) is 4.74 Å². The second-order valence-corrected chi connectivity index (χ2v) is 6.57. The van der Waals surface area contributed by atoms with E-state index in [1.165, 1.54) is 6.07 Å². The smallest absolute Gasteiger partial charge is 0.195 e. The molecule has 0 fully saturated rings. The van der Waals surface area contributed by atoms with Gasteiger partial charge in [-0.15, -0.1) is 0 Å². The molecule has 0 unspecified atom stereocenters. The molecule has 0 bridgehead atoms. The molecular formula is C10H14BrNO3S. The average Bonchev–Trinajstić information content (AvgIpc) is 2.15. The normalized spacial score (nSPS) is 11.8.